The van der Waals surface area contributed by atoms with Gasteiger partial charge in [-0.1, -0.05) is 30.3 Å². The highest BCUT2D eigenvalue weighted by atomic mass is 19.2. The van der Waals surface area contributed by atoms with Gasteiger partial charge in [0.1, 0.15) is 5.60 Å². The van der Waals surface area contributed by atoms with Gasteiger partial charge < -0.3 is 5.11 Å². The minimum Gasteiger partial charge on any atom is -0.381 e. The summed E-state index contributed by atoms with van der Waals surface area (Å²) < 4.78 is 27.4. The van der Waals surface area contributed by atoms with E-state index in [0.29, 0.717) is 5.56 Å². The van der Waals surface area contributed by atoms with Crippen LogP contribution in [-0.2, 0) is 18.4 Å². The highest BCUT2D eigenvalue weighted by molar-refractivity contribution is 5.41. The number of aryl methyl sites for hydroxylation is 2. The van der Waals surface area contributed by atoms with Crippen LogP contribution < -0.4 is 0 Å². The minimum absolute atomic E-state index is 0.0294. The molecule has 2 aromatic carbocycles. The Balaban J connectivity index is 2.07. The molecule has 0 heterocycles. The predicted molar refractivity (Wildman–Crippen MR) is 78.1 cm³/mol. The summed E-state index contributed by atoms with van der Waals surface area (Å²) in [5, 5.41) is 10.8. The van der Waals surface area contributed by atoms with Crippen LogP contribution in [0.15, 0.2) is 36.4 Å². The highest BCUT2D eigenvalue weighted by Crippen LogP contribution is 2.34. The third kappa shape index (κ3) is 2.46. The van der Waals surface area contributed by atoms with Crippen LogP contribution in [0.2, 0.25) is 0 Å². The van der Waals surface area contributed by atoms with Gasteiger partial charge in [0.15, 0.2) is 11.6 Å². The number of aliphatic hydroxyl groups is 1. The SMILES string of the molecule is CC(O)(c1ccc2c(c1)CCCC2)c1cccc(F)c1F. The van der Waals surface area contributed by atoms with Crippen LogP contribution in [0.4, 0.5) is 8.78 Å². The number of halogens is 2. The molecule has 0 bridgehead atoms. The summed E-state index contributed by atoms with van der Waals surface area (Å²) in [5.41, 5.74) is 1.53. The molecule has 2 aromatic rings. The van der Waals surface area contributed by atoms with E-state index in [-0.39, 0.29) is 5.56 Å². The van der Waals surface area contributed by atoms with E-state index in [1.54, 1.807) is 0 Å². The van der Waals surface area contributed by atoms with Crippen molar-refractivity contribution in [3.05, 3.63) is 70.3 Å². The first-order valence-corrected chi connectivity index (χ1v) is 7.29. The van der Waals surface area contributed by atoms with Crippen LogP contribution in [0.3, 0.4) is 0 Å². The van der Waals surface area contributed by atoms with Gasteiger partial charge in [-0.15, -0.1) is 0 Å². The molecule has 0 radical (unpaired) electrons. The largest absolute Gasteiger partial charge is 0.381 e. The third-order valence-electron chi connectivity index (χ3n) is 4.39. The topological polar surface area (TPSA) is 20.2 Å². The summed E-state index contributed by atoms with van der Waals surface area (Å²) in [6.07, 6.45) is 4.34. The van der Waals surface area contributed by atoms with Crippen molar-refractivity contribution in [2.24, 2.45) is 0 Å². The first-order valence-electron chi connectivity index (χ1n) is 7.29. The smallest absolute Gasteiger partial charge is 0.165 e. The third-order valence-corrected chi connectivity index (χ3v) is 4.39. The van der Waals surface area contributed by atoms with Gasteiger partial charge >= 0.3 is 0 Å². The van der Waals surface area contributed by atoms with E-state index in [9.17, 15) is 13.9 Å². The molecule has 1 nitrogen and oxygen atoms in total. The number of benzene rings is 2. The van der Waals surface area contributed by atoms with Gasteiger partial charge in [-0.2, -0.15) is 0 Å². The maximum atomic E-state index is 14.0. The molecule has 1 atom stereocenters. The van der Waals surface area contributed by atoms with Crippen molar-refractivity contribution in [1.82, 2.24) is 0 Å². The van der Waals surface area contributed by atoms with Gasteiger partial charge in [-0.25, -0.2) is 8.78 Å². The van der Waals surface area contributed by atoms with E-state index in [1.807, 2.05) is 18.2 Å². The van der Waals surface area contributed by atoms with Crippen molar-refractivity contribution >= 4 is 0 Å². The molecule has 0 spiro atoms. The molecular weight excluding hydrogens is 270 g/mol. The lowest BCUT2D eigenvalue weighted by Gasteiger charge is -2.27. The van der Waals surface area contributed by atoms with Crippen LogP contribution in [0.25, 0.3) is 0 Å². The molecule has 0 aromatic heterocycles. The number of hydrogen-bond acceptors (Lipinski definition) is 1. The van der Waals surface area contributed by atoms with Crippen molar-refractivity contribution in [2.45, 2.75) is 38.2 Å². The van der Waals surface area contributed by atoms with E-state index in [2.05, 4.69) is 0 Å². The van der Waals surface area contributed by atoms with E-state index in [0.717, 1.165) is 25.3 Å². The van der Waals surface area contributed by atoms with Crippen molar-refractivity contribution in [2.75, 3.05) is 0 Å². The highest BCUT2D eigenvalue weighted by Gasteiger charge is 2.30. The first-order chi connectivity index (χ1) is 10.00. The lowest BCUT2D eigenvalue weighted by atomic mass is 9.83. The molecular formula is C18H18F2O. The summed E-state index contributed by atoms with van der Waals surface area (Å²) in [7, 11) is 0. The van der Waals surface area contributed by atoms with Crippen molar-refractivity contribution in [3.8, 4) is 0 Å². The second-order valence-electron chi connectivity index (χ2n) is 5.86. The predicted octanol–water partition coefficient (Wildman–Crippen LogP) is 4.10. The summed E-state index contributed by atoms with van der Waals surface area (Å²) in [6.45, 7) is 1.51. The number of fused-ring (bicyclic) bond motifs is 1. The zero-order chi connectivity index (χ0) is 15.0. The summed E-state index contributed by atoms with van der Waals surface area (Å²) in [4.78, 5) is 0. The van der Waals surface area contributed by atoms with Crippen LogP contribution in [0, 0.1) is 11.6 Å². The van der Waals surface area contributed by atoms with Crippen molar-refractivity contribution < 1.29 is 13.9 Å². The average Bonchev–Trinajstić information content (AvgIpc) is 2.49. The van der Waals surface area contributed by atoms with Gasteiger partial charge in [0, 0.05) is 5.56 Å². The Morgan fingerprint density at radius 3 is 2.48 bits per heavy atom. The maximum absolute atomic E-state index is 14.0. The van der Waals surface area contributed by atoms with Gasteiger partial charge in [-0.3, -0.25) is 0 Å². The summed E-state index contributed by atoms with van der Waals surface area (Å²) in [5.74, 6) is -1.93. The number of hydrogen-bond donors (Lipinski definition) is 1. The van der Waals surface area contributed by atoms with Crippen molar-refractivity contribution in [1.29, 1.82) is 0 Å². The molecule has 21 heavy (non-hydrogen) atoms. The van der Waals surface area contributed by atoms with Gasteiger partial charge in [-0.05, 0) is 55.4 Å². The van der Waals surface area contributed by atoms with E-state index in [4.69, 9.17) is 0 Å². The van der Waals surface area contributed by atoms with Gasteiger partial charge in [0.25, 0.3) is 0 Å². The summed E-state index contributed by atoms with van der Waals surface area (Å²) in [6, 6.07) is 9.64. The standard InChI is InChI=1S/C18H18F2O/c1-18(21,15-7-4-8-16(19)17(15)20)14-10-9-12-5-2-3-6-13(12)11-14/h4,7-11,21H,2-3,5-6H2,1H3. The fourth-order valence-electron chi connectivity index (χ4n) is 3.07. The molecule has 1 aliphatic carbocycles. The zero-order valence-corrected chi connectivity index (χ0v) is 12.0. The average molecular weight is 288 g/mol. The van der Waals surface area contributed by atoms with Crippen LogP contribution >= 0.6 is 0 Å². The molecule has 0 saturated carbocycles. The zero-order valence-electron chi connectivity index (χ0n) is 12.0. The van der Waals surface area contributed by atoms with Crippen LogP contribution in [0.5, 0.6) is 0 Å². The second kappa shape index (κ2) is 5.23. The van der Waals surface area contributed by atoms with Gasteiger partial charge in [0.05, 0.1) is 0 Å². The molecule has 0 amide bonds. The second-order valence-corrected chi connectivity index (χ2v) is 5.86. The molecule has 0 aliphatic heterocycles. The Morgan fingerprint density at radius 2 is 1.71 bits per heavy atom. The fraction of sp³-hybridized carbons (Fsp3) is 0.333. The lowest BCUT2D eigenvalue weighted by Crippen LogP contribution is -2.25. The molecule has 1 N–H and O–H groups in total. The molecule has 0 fully saturated rings. The Labute approximate surface area is 123 Å². The molecule has 3 rings (SSSR count). The molecule has 0 saturated heterocycles. The van der Waals surface area contributed by atoms with E-state index in [1.165, 1.54) is 36.6 Å². The molecule has 110 valence electrons. The molecule has 3 heteroatoms. The summed E-state index contributed by atoms with van der Waals surface area (Å²) >= 11 is 0. The van der Waals surface area contributed by atoms with Crippen LogP contribution in [0.1, 0.15) is 42.0 Å². The Hall–Kier alpha value is -1.74. The van der Waals surface area contributed by atoms with E-state index >= 15 is 0 Å². The Kier molecular flexibility index (Phi) is 3.54. The van der Waals surface area contributed by atoms with Gasteiger partial charge in [0.2, 0.25) is 0 Å². The fourth-order valence-corrected chi connectivity index (χ4v) is 3.07. The monoisotopic (exact) mass is 288 g/mol. The Morgan fingerprint density at radius 1 is 1.00 bits per heavy atom. The normalized spacial score (nSPS) is 17.1. The van der Waals surface area contributed by atoms with E-state index < -0.39 is 17.2 Å². The van der Waals surface area contributed by atoms with Crippen molar-refractivity contribution in [3.63, 3.8) is 0 Å². The molecule has 1 unspecified atom stereocenters. The maximum Gasteiger partial charge on any atom is 0.165 e. The lowest BCUT2D eigenvalue weighted by molar-refractivity contribution is 0.0969. The minimum atomic E-state index is -1.54. The number of rotatable bonds is 2. The van der Waals surface area contributed by atoms with Crippen LogP contribution in [-0.4, -0.2) is 5.11 Å². The molecule has 1 aliphatic rings. The Bertz CT molecular complexity index is 677. The quantitative estimate of drug-likeness (QED) is 0.882. The first kappa shape index (κ1) is 14.2.